The van der Waals surface area contributed by atoms with Gasteiger partial charge in [0.25, 0.3) is 0 Å². The number of hydrogen-bond donors (Lipinski definition) is 2. The Morgan fingerprint density at radius 2 is 1.97 bits per heavy atom. The predicted octanol–water partition coefficient (Wildman–Crippen LogP) is 6.71. The average Bonchev–Trinajstić information content (AvgIpc) is 3.23. The van der Waals surface area contributed by atoms with Crippen LogP contribution in [0.3, 0.4) is 0 Å². The van der Waals surface area contributed by atoms with Crippen LogP contribution in [0.2, 0.25) is 0 Å². The summed E-state index contributed by atoms with van der Waals surface area (Å²) in [6.45, 7) is 12.2. The number of phenolic OH excluding ortho intramolecular Hbond substituents is 1. The molecule has 2 aliphatic rings. The van der Waals surface area contributed by atoms with Gasteiger partial charge >= 0.3 is 0 Å². The van der Waals surface area contributed by atoms with Gasteiger partial charge in [0.2, 0.25) is 11.8 Å². The summed E-state index contributed by atoms with van der Waals surface area (Å²) in [5.41, 5.74) is 5.70. The van der Waals surface area contributed by atoms with Gasteiger partial charge in [-0.1, -0.05) is 58.4 Å². The van der Waals surface area contributed by atoms with E-state index in [-0.39, 0.29) is 35.7 Å². The van der Waals surface area contributed by atoms with Crippen molar-refractivity contribution in [1.29, 1.82) is 0 Å². The molecule has 0 aromatic heterocycles. The number of carbonyl (C=O) groups excluding carboxylic acids is 2. The van der Waals surface area contributed by atoms with E-state index in [1.807, 2.05) is 30.0 Å². The highest BCUT2D eigenvalue weighted by Crippen LogP contribution is 2.42. The molecule has 2 heterocycles. The monoisotopic (exact) mass is 519 g/mol. The van der Waals surface area contributed by atoms with E-state index in [1.54, 1.807) is 6.07 Å². The van der Waals surface area contributed by atoms with Crippen LogP contribution in [-0.2, 0) is 16.0 Å². The smallest absolute Gasteiger partial charge is 0.222 e. The summed E-state index contributed by atoms with van der Waals surface area (Å²) in [5.74, 6) is 0.995. The molecular weight excluding hydrogens is 474 g/mol. The van der Waals surface area contributed by atoms with Crippen molar-refractivity contribution < 1.29 is 14.7 Å². The Morgan fingerprint density at radius 1 is 1.18 bits per heavy atom. The number of unbranched alkanes of at least 4 members (excludes halogenated alkanes) is 1. The van der Waals surface area contributed by atoms with Gasteiger partial charge in [-0.25, -0.2) is 0 Å². The molecule has 6 nitrogen and oxygen atoms in total. The lowest BCUT2D eigenvalue weighted by Gasteiger charge is -2.33. The van der Waals surface area contributed by atoms with E-state index < -0.39 is 0 Å². The molecule has 2 aromatic carbocycles. The van der Waals surface area contributed by atoms with Gasteiger partial charge in [0.05, 0.1) is 12.1 Å². The van der Waals surface area contributed by atoms with Crippen LogP contribution in [0, 0.1) is 0 Å². The van der Waals surface area contributed by atoms with Crippen LogP contribution < -0.4 is 5.32 Å². The van der Waals surface area contributed by atoms with Crippen molar-refractivity contribution in [2.45, 2.75) is 104 Å². The number of amides is 2. The molecule has 2 amide bonds. The molecule has 2 aliphatic heterocycles. The van der Waals surface area contributed by atoms with Crippen molar-refractivity contribution in [1.82, 2.24) is 9.80 Å². The highest BCUT2D eigenvalue weighted by Gasteiger charge is 2.35. The van der Waals surface area contributed by atoms with Gasteiger partial charge < -0.3 is 20.2 Å². The number of phenols is 1. The van der Waals surface area contributed by atoms with Crippen molar-refractivity contribution >= 4 is 17.5 Å². The summed E-state index contributed by atoms with van der Waals surface area (Å²) in [7, 11) is 0. The standard InChI is InChI=1S/C32H45N3O3/c1-6-8-14-34(30(37)7-2)22(5)28-19-24(21(3)4)16-25-17-26(35-15-10-13-31(35)38)20-29(33-32(25)28)23-11-9-12-27(36)18-23/h9,11-12,16,18-19,21-22,26,29,33,36H,6-8,10,13-15,17,20H2,1-5H3. The van der Waals surface area contributed by atoms with Crippen LogP contribution in [0.25, 0.3) is 0 Å². The summed E-state index contributed by atoms with van der Waals surface area (Å²) in [6, 6.07) is 12.0. The lowest BCUT2D eigenvalue weighted by Crippen LogP contribution is -2.38. The zero-order valence-electron chi connectivity index (χ0n) is 23.8. The number of nitrogens with one attached hydrogen (secondary N) is 1. The Morgan fingerprint density at radius 3 is 2.61 bits per heavy atom. The Hall–Kier alpha value is -3.02. The number of carbonyl (C=O) groups is 2. The number of benzene rings is 2. The van der Waals surface area contributed by atoms with Gasteiger partial charge in [0.1, 0.15) is 5.75 Å². The summed E-state index contributed by atoms with van der Waals surface area (Å²) in [4.78, 5) is 30.1. The molecule has 3 unspecified atom stereocenters. The lowest BCUT2D eigenvalue weighted by molar-refractivity contribution is -0.133. The maximum Gasteiger partial charge on any atom is 0.222 e. The van der Waals surface area contributed by atoms with Gasteiger partial charge in [-0.3, -0.25) is 9.59 Å². The zero-order chi connectivity index (χ0) is 27.4. The largest absolute Gasteiger partial charge is 0.508 e. The van der Waals surface area contributed by atoms with Gasteiger partial charge in [-0.2, -0.15) is 0 Å². The number of rotatable bonds is 9. The molecule has 0 bridgehead atoms. The average molecular weight is 520 g/mol. The molecule has 6 heteroatoms. The van der Waals surface area contributed by atoms with Crippen LogP contribution in [0.15, 0.2) is 36.4 Å². The lowest BCUT2D eigenvalue weighted by atomic mass is 9.90. The molecule has 0 aliphatic carbocycles. The third-order valence-electron chi connectivity index (χ3n) is 8.34. The minimum Gasteiger partial charge on any atom is -0.508 e. The zero-order valence-corrected chi connectivity index (χ0v) is 23.8. The van der Waals surface area contributed by atoms with E-state index in [1.165, 1.54) is 11.1 Å². The molecule has 1 saturated heterocycles. The van der Waals surface area contributed by atoms with Crippen molar-refractivity contribution in [2.24, 2.45) is 0 Å². The van der Waals surface area contributed by atoms with Crippen molar-refractivity contribution in [3.63, 3.8) is 0 Å². The number of nitrogens with zero attached hydrogens (tertiary/aromatic N) is 2. The number of hydrogen-bond acceptors (Lipinski definition) is 4. The Balaban J connectivity index is 1.85. The fourth-order valence-corrected chi connectivity index (χ4v) is 6.08. The quantitative estimate of drug-likeness (QED) is 0.386. The van der Waals surface area contributed by atoms with Crippen LogP contribution >= 0.6 is 0 Å². The molecule has 0 saturated carbocycles. The summed E-state index contributed by atoms with van der Waals surface area (Å²) >= 11 is 0. The van der Waals surface area contributed by atoms with Crippen LogP contribution in [0.5, 0.6) is 5.75 Å². The SMILES string of the molecule is CCCCN(C(=O)CC)C(C)c1cc(C(C)C)cc2c1NC(c1cccc(O)c1)CC(N1CCCC1=O)C2. The van der Waals surface area contributed by atoms with E-state index in [2.05, 4.69) is 50.0 Å². The van der Waals surface area contributed by atoms with Crippen molar-refractivity contribution in [3.05, 3.63) is 58.7 Å². The number of anilines is 1. The van der Waals surface area contributed by atoms with Gasteiger partial charge in [0, 0.05) is 37.7 Å². The normalized spacial score (nSPS) is 20.2. The predicted molar refractivity (Wildman–Crippen MR) is 153 cm³/mol. The number of aromatic hydroxyl groups is 1. The Kier molecular flexibility index (Phi) is 9.01. The molecule has 206 valence electrons. The van der Waals surface area contributed by atoms with Crippen LogP contribution in [0.4, 0.5) is 5.69 Å². The van der Waals surface area contributed by atoms with Gasteiger partial charge in [-0.15, -0.1) is 0 Å². The summed E-state index contributed by atoms with van der Waals surface area (Å²) in [5, 5.41) is 14.1. The molecule has 2 aromatic rings. The molecule has 2 N–H and O–H groups in total. The van der Waals surface area contributed by atoms with Crippen molar-refractivity contribution in [2.75, 3.05) is 18.4 Å². The Labute approximate surface area is 228 Å². The third kappa shape index (κ3) is 6.00. The van der Waals surface area contributed by atoms with E-state index in [0.717, 1.165) is 62.0 Å². The first kappa shape index (κ1) is 28.0. The molecule has 4 rings (SSSR count). The highest BCUT2D eigenvalue weighted by atomic mass is 16.3. The minimum absolute atomic E-state index is 0.0661. The Bertz CT molecular complexity index is 1140. The number of fused-ring (bicyclic) bond motifs is 1. The van der Waals surface area contributed by atoms with E-state index in [9.17, 15) is 14.7 Å². The molecule has 0 radical (unpaired) electrons. The first-order valence-corrected chi connectivity index (χ1v) is 14.5. The topological polar surface area (TPSA) is 72.9 Å². The highest BCUT2D eigenvalue weighted by molar-refractivity contribution is 5.79. The van der Waals surface area contributed by atoms with E-state index >= 15 is 0 Å². The molecule has 38 heavy (non-hydrogen) atoms. The van der Waals surface area contributed by atoms with Crippen molar-refractivity contribution in [3.8, 4) is 5.75 Å². The second-order valence-corrected chi connectivity index (χ2v) is 11.3. The fraction of sp³-hybridized carbons (Fsp3) is 0.562. The first-order chi connectivity index (χ1) is 18.2. The molecule has 1 fully saturated rings. The minimum atomic E-state index is -0.0799. The second-order valence-electron chi connectivity index (χ2n) is 11.3. The second kappa shape index (κ2) is 12.2. The van der Waals surface area contributed by atoms with Crippen LogP contribution in [-0.4, -0.2) is 45.9 Å². The van der Waals surface area contributed by atoms with Crippen LogP contribution in [0.1, 0.15) is 113 Å². The fourth-order valence-electron chi connectivity index (χ4n) is 6.08. The van der Waals surface area contributed by atoms with Gasteiger partial charge in [0.15, 0.2) is 0 Å². The molecule has 0 spiro atoms. The molecule has 3 atom stereocenters. The third-order valence-corrected chi connectivity index (χ3v) is 8.34. The summed E-state index contributed by atoms with van der Waals surface area (Å²) in [6.07, 6.45) is 5.56. The maximum atomic E-state index is 13.1. The summed E-state index contributed by atoms with van der Waals surface area (Å²) < 4.78 is 0. The maximum absolute atomic E-state index is 13.1. The molecular formula is C32H45N3O3. The van der Waals surface area contributed by atoms with E-state index in [0.29, 0.717) is 18.8 Å². The number of likely N-dealkylation sites (tertiary alicyclic amines) is 1. The van der Waals surface area contributed by atoms with E-state index in [4.69, 9.17) is 0 Å². The van der Waals surface area contributed by atoms with Gasteiger partial charge in [-0.05, 0) is 72.9 Å². The first-order valence-electron chi connectivity index (χ1n) is 14.5.